The van der Waals surface area contributed by atoms with E-state index in [0.29, 0.717) is 34.1 Å². The standard InChI is InChI=1S/C32H34N4O5.Fe/c1-15-16(2)24-14-28-32(5,6)31(41)27(36-28)12-23-18(4)20(8-10-30(39)40)26(35-23)13-25-19(7-9-29(37)38)17(3)22(34-25)11-21(15)33-24;/h11-14,36,41H,7-10H2,1-6H3,(H,37,38)(H,39,40);/q;+3/p-3. The van der Waals surface area contributed by atoms with Crippen LogP contribution in [0.15, 0.2) is 107 Å². The molecule has 42 heavy (non-hydrogen) atoms. The summed E-state index contributed by atoms with van der Waals surface area (Å²) in [5, 5.41) is 39.5. The molecule has 1 radical (unpaired) electrons. The maximum atomic E-state index is 13.5. The second kappa shape index (κ2) is 11.3. The van der Waals surface area contributed by atoms with Crippen molar-refractivity contribution in [3.63, 3.8) is 0 Å². The number of rotatable bonds is 6. The van der Waals surface area contributed by atoms with Gasteiger partial charge in [0.25, 0.3) is 0 Å². The first-order valence-corrected chi connectivity index (χ1v) is 13.6. The fourth-order valence-corrected chi connectivity index (χ4v) is 5.49. The molecule has 9 nitrogen and oxygen atoms in total. The average Bonchev–Trinajstić information content (AvgIpc) is 3.51. The first-order valence-electron chi connectivity index (χ1n) is 13.6. The summed E-state index contributed by atoms with van der Waals surface area (Å²) >= 11 is 0. The van der Waals surface area contributed by atoms with E-state index in [-0.39, 0.29) is 48.5 Å². The van der Waals surface area contributed by atoms with Gasteiger partial charge in [0.2, 0.25) is 0 Å². The molecule has 0 aromatic rings. The second-order valence-corrected chi connectivity index (χ2v) is 11.3. The molecule has 0 aromatic carbocycles. The van der Waals surface area contributed by atoms with Crippen LogP contribution < -0.4 is 20.6 Å². The Morgan fingerprint density at radius 1 is 0.714 bits per heavy atom. The van der Waals surface area contributed by atoms with E-state index in [0.717, 1.165) is 45.0 Å². The van der Waals surface area contributed by atoms with Gasteiger partial charge in [-0.2, -0.15) is 0 Å². The van der Waals surface area contributed by atoms with Gasteiger partial charge in [-0.3, -0.25) is 0 Å². The van der Waals surface area contributed by atoms with E-state index >= 15 is 0 Å². The van der Waals surface area contributed by atoms with Crippen molar-refractivity contribution >= 4 is 29.1 Å². The van der Waals surface area contributed by atoms with Gasteiger partial charge in [0.05, 0.1) is 34.2 Å². The van der Waals surface area contributed by atoms with Crippen molar-refractivity contribution in [2.75, 3.05) is 0 Å². The van der Waals surface area contributed by atoms with E-state index < -0.39 is 17.4 Å². The third kappa shape index (κ3) is 5.44. The van der Waals surface area contributed by atoms with Gasteiger partial charge in [-0.25, -0.2) is 15.0 Å². The van der Waals surface area contributed by atoms with Crippen molar-refractivity contribution < 1.29 is 42.0 Å². The molecule has 217 valence electrons. The minimum absolute atomic E-state index is 0. The number of aliphatic imine (C=N–C) groups is 3. The Kier molecular flexibility index (Phi) is 8.36. The minimum atomic E-state index is -1.18. The molecule has 5 heterocycles. The molecule has 0 spiro atoms. The van der Waals surface area contributed by atoms with Crippen LogP contribution in [-0.2, 0) is 26.7 Å². The fourth-order valence-electron chi connectivity index (χ4n) is 5.49. The summed E-state index contributed by atoms with van der Waals surface area (Å²) in [5.41, 5.74) is 9.02. The maximum Gasteiger partial charge on any atom is 3.00 e. The number of nitrogens with one attached hydrogen (secondary N) is 1. The van der Waals surface area contributed by atoms with Gasteiger partial charge in [0.1, 0.15) is 0 Å². The Bertz CT molecular complexity index is 1670. The molecular formula is C32H31FeN4O5. The smallest absolute Gasteiger partial charge is 0.873 e. The van der Waals surface area contributed by atoms with Crippen LogP contribution in [0.25, 0.3) is 0 Å². The number of aliphatic carboxylic acids is 2. The maximum absolute atomic E-state index is 13.5. The summed E-state index contributed by atoms with van der Waals surface area (Å²) in [4.78, 5) is 37.3. The fraction of sp³-hybridized carbons (Fsp3) is 0.344. The Balaban J connectivity index is 0.00000405. The Hall–Kier alpha value is -4.01. The van der Waals surface area contributed by atoms with Gasteiger partial charge in [-0.15, -0.1) is 0 Å². The Morgan fingerprint density at radius 3 is 1.88 bits per heavy atom. The molecule has 10 heteroatoms. The molecule has 1 N–H and O–H groups in total. The quantitative estimate of drug-likeness (QED) is 0.457. The molecule has 0 fully saturated rings. The van der Waals surface area contributed by atoms with Crippen LogP contribution in [0.4, 0.5) is 0 Å². The summed E-state index contributed by atoms with van der Waals surface area (Å²) in [7, 11) is 0. The van der Waals surface area contributed by atoms with Crippen LogP contribution in [0.1, 0.15) is 67.2 Å². The number of nitrogens with zero attached hydrogens (tertiary/aromatic N) is 3. The number of hydrogen-bond donors (Lipinski definition) is 1. The van der Waals surface area contributed by atoms with E-state index in [4.69, 9.17) is 15.0 Å². The largest absolute Gasteiger partial charge is 3.00 e. The number of carboxylic acids is 2. The topological polar surface area (TPSA) is 152 Å². The van der Waals surface area contributed by atoms with Crippen LogP contribution in [0, 0.1) is 5.41 Å². The molecule has 0 amide bonds. The molecule has 8 bridgehead atoms. The number of hydrogen-bond acceptors (Lipinski definition) is 9. The first kappa shape index (κ1) is 30.9. The third-order valence-corrected chi connectivity index (χ3v) is 8.37. The van der Waals surface area contributed by atoms with E-state index in [2.05, 4.69) is 5.32 Å². The number of allylic oxidation sites excluding steroid dienone is 10. The van der Waals surface area contributed by atoms with E-state index in [1.165, 1.54) is 0 Å². The molecule has 0 atom stereocenters. The Morgan fingerprint density at radius 2 is 1.24 bits per heavy atom. The van der Waals surface area contributed by atoms with E-state index in [1.807, 2.05) is 53.7 Å². The zero-order valence-electron chi connectivity index (χ0n) is 24.4. The zero-order valence-corrected chi connectivity index (χ0v) is 25.5. The van der Waals surface area contributed by atoms with Crippen molar-refractivity contribution in [1.29, 1.82) is 0 Å². The summed E-state index contributed by atoms with van der Waals surface area (Å²) in [5.74, 6) is -2.43. The van der Waals surface area contributed by atoms with Gasteiger partial charge in [-0.05, 0) is 111 Å². The number of carboxylic acid groups (broad SMARTS) is 2. The summed E-state index contributed by atoms with van der Waals surface area (Å²) < 4.78 is 0. The Labute approximate surface area is 255 Å². The second-order valence-electron chi connectivity index (χ2n) is 11.3. The molecular weight excluding hydrogens is 576 g/mol. The van der Waals surface area contributed by atoms with Crippen molar-refractivity contribution in [3.8, 4) is 0 Å². The summed E-state index contributed by atoms with van der Waals surface area (Å²) in [6, 6.07) is 0. The first-order chi connectivity index (χ1) is 19.3. The van der Waals surface area contributed by atoms with Gasteiger partial charge in [0.15, 0.2) is 0 Å². The number of fused-ring (bicyclic) bond motifs is 5. The summed E-state index contributed by atoms with van der Waals surface area (Å²) in [6.45, 7) is 11.4. The molecule has 5 rings (SSSR count). The molecule has 5 aliphatic rings. The predicted octanol–water partition coefficient (Wildman–Crippen LogP) is 2.13. The predicted molar refractivity (Wildman–Crippen MR) is 151 cm³/mol. The van der Waals surface area contributed by atoms with E-state index in [1.54, 1.807) is 12.2 Å². The molecule has 0 saturated carbocycles. The average molecular weight is 607 g/mol. The van der Waals surface area contributed by atoms with Gasteiger partial charge < -0.3 is 30.2 Å². The molecule has 0 saturated heterocycles. The molecule has 0 aromatic heterocycles. The SMILES string of the molecule is CC1=C(C)C2=NC1=CC1=NC(=CC3=NC(=CC4=C([O-])C(C)(C)C(=C2)N4)C(C)=C3CCC(=O)[O-])C(CCC(=O)[O-])=C1C.[Fe+3]. The van der Waals surface area contributed by atoms with Crippen molar-refractivity contribution in [3.05, 3.63) is 92.0 Å². The van der Waals surface area contributed by atoms with Gasteiger partial charge in [0, 0.05) is 28.7 Å². The zero-order chi connectivity index (χ0) is 29.8. The summed E-state index contributed by atoms with van der Waals surface area (Å²) in [6.07, 6.45) is 7.28. The number of carbonyl (C=O) groups is 2. The van der Waals surface area contributed by atoms with Crippen molar-refractivity contribution in [2.45, 2.75) is 67.2 Å². The molecule has 5 aliphatic heterocycles. The normalized spacial score (nSPS) is 20.9. The van der Waals surface area contributed by atoms with Crippen LogP contribution in [0.5, 0.6) is 0 Å². The van der Waals surface area contributed by atoms with Crippen molar-refractivity contribution in [1.82, 2.24) is 5.32 Å². The minimum Gasteiger partial charge on any atom is -0.873 e. The van der Waals surface area contributed by atoms with Crippen LogP contribution >= 0.6 is 0 Å². The molecule has 0 aliphatic carbocycles. The van der Waals surface area contributed by atoms with Crippen molar-refractivity contribution in [2.24, 2.45) is 20.4 Å². The molecule has 0 unspecified atom stereocenters. The van der Waals surface area contributed by atoms with Crippen LogP contribution in [0.3, 0.4) is 0 Å². The van der Waals surface area contributed by atoms with Crippen LogP contribution in [-0.4, -0.2) is 29.1 Å². The van der Waals surface area contributed by atoms with Crippen LogP contribution in [0.2, 0.25) is 0 Å². The van der Waals surface area contributed by atoms with Gasteiger partial charge >= 0.3 is 17.1 Å². The monoisotopic (exact) mass is 607 g/mol. The number of carbonyl (C=O) groups excluding carboxylic acids is 2. The van der Waals surface area contributed by atoms with Gasteiger partial charge in [-0.1, -0.05) is 19.6 Å². The van der Waals surface area contributed by atoms with E-state index in [9.17, 15) is 24.9 Å². The third-order valence-electron chi connectivity index (χ3n) is 8.37.